The summed E-state index contributed by atoms with van der Waals surface area (Å²) in [6.45, 7) is 10.9. The van der Waals surface area contributed by atoms with E-state index in [1.807, 2.05) is 13.4 Å². The third-order valence-electron chi connectivity index (χ3n) is 3.55. The number of hydrogen-bond donors (Lipinski definition) is 1. The highest BCUT2D eigenvalue weighted by Gasteiger charge is 2.27. The highest BCUT2D eigenvalue weighted by atomic mass is 15.3. The number of hydrogen-bond acceptors (Lipinski definition) is 4. The SMILES string of the molecule is CNC(CN1CCn2cnnc2C1)C(C)(C)C. The topological polar surface area (TPSA) is 46.0 Å². The third-order valence-corrected chi connectivity index (χ3v) is 3.55. The van der Waals surface area contributed by atoms with Crippen LogP contribution in [0.25, 0.3) is 0 Å². The Kier molecular flexibility index (Phi) is 3.49. The van der Waals surface area contributed by atoms with Gasteiger partial charge in [0.15, 0.2) is 0 Å². The summed E-state index contributed by atoms with van der Waals surface area (Å²) in [5, 5.41) is 11.5. The van der Waals surface area contributed by atoms with Gasteiger partial charge in [0.2, 0.25) is 0 Å². The Labute approximate surface area is 103 Å². The molecule has 0 amide bonds. The maximum Gasteiger partial charge on any atom is 0.147 e. The van der Waals surface area contributed by atoms with Crippen molar-refractivity contribution < 1.29 is 0 Å². The lowest BCUT2D eigenvalue weighted by atomic mass is 9.86. The van der Waals surface area contributed by atoms with Crippen molar-refractivity contribution in [2.75, 3.05) is 20.1 Å². The van der Waals surface area contributed by atoms with Gasteiger partial charge < -0.3 is 9.88 Å². The quantitative estimate of drug-likeness (QED) is 0.842. The van der Waals surface area contributed by atoms with Gasteiger partial charge in [-0.15, -0.1) is 10.2 Å². The van der Waals surface area contributed by atoms with E-state index in [-0.39, 0.29) is 5.41 Å². The molecular formula is C12H23N5. The van der Waals surface area contributed by atoms with Gasteiger partial charge >= 0.3 is 0 Å². The fraction of sp³-hybridized carbons (Fsp3) is 0.833. The van der Waals surface area contributed by atoms with E-state index in [1.54, 1.807) is 0 Å². The number of likely N-dealkylation sites (N-methyl/N-ethyl adjacent to an activating group) is 1. The maximum absolute atomic E-state index is 4.15. The number of nitrogens with one attached hydrogen (secondary N) is 1. The van der Waals surface area contributed by atoms with Gasteiger partial charge in [0.05, 0.1) is 6.54 Å². The van der Waals surface area contributed by atoms with Crippen LogP contribution in [0.1, 0.15) is 26.6 Å². The van der Waals surface area contributed by atoms with Gasteiger partial charge in [0.1, 0.15) is 12.2 Å². The minimum Gasteiger partial charge on any atom is -0.315 e. The molecule has 5 heteroatoms. The second-order valence-electron chi connectivity index (χ2n) is 5.88. The highest BCUT2D eigenvalue weighted by Crippen LogP contribution is 2.21. The first-order chi connectivity index (χ1) is 8.00. The van der Waals surface area contributed by atoms with E-state index in [2.05, 4.69) is 45.8 Å². The Bertz CT molecular complexity index is 365. The van der Waals surface area contributed by atoms with Crippen LogP contribution in [-0.2, 0) is 13.1 Å². The molecular weight excluding hydrogens is 214 g/mol. The van der Waals surface area contributed by atoms with E-state index >= 15 is 0 Å². The summed E-state index contributed by atoms with van der Waals surface area (Å²) < 4.78 is 2.14. The number of nitrogens with zero attached hydrogens (tertiary/aromatic N) is 4. The second-order valence-corrected chi connectivity index (χ2v) is 5.88. The Morgan fingerprint density at radius 1 is 1.41 bits per heavy atom. The molecule has 5 nitrogen and oxygen atoms in total. The lowest BCUT2D eigenvalue weighted by molar-refractivity contribution is 0.150. The summed E-state index contributed by atoms with van der Waals surface area (Å²) in [5.74, 6) is 1.08. The molecule has 0 aliphatic carbocycles. The maximum atomic E-state index is 4.15. The molecule has 1 atom stereocenters. The van der Waals surface area contributed by atoms with Crippen LogP contribution >= 0.6 is 0 Å². The average Bonchev–Trinajstić information content (AvgIpc) is 2.71. The Balaban J connectivity index is 1.97. The van der Waals surface area contributed by atoms with Crippen molar-refractivity contribution >= 4 is 0 Å². The van der Waals surface area contributed by atoms with Crippen LogP contribution in [0.15, 0.2) is 6.33 Å². The predicted molar refractivity (Wildman–Crippen MR) is 67.6 cm³/mol. The van der Waals surface area contributed by atoms with Gasteiger partial charge in [-0.2, -0.15) is 0 Å². The van der Waals surface area contributed by atoms with Gasteiger partial charge in [-0.25, -0.2) is 0 Å². The van der Waals surface area contributed by atoms with E-state index in [0.29, 0.717) is 6.04 Å². The first kappa shape index (κ1) is 12.5. The highest BCUT2D eigenvalue weighted by molar-refractivity contribution is 4.92. The minimum absolute atomic E-state index is 0.278. The Hall–Kier alpha value is -0.940. The lowest BCUT2D eigenvalue weighted by Gasteiger charge is -2.36. The average molecular weight is 237 g/mol. The Morgan fingerprint density at radius 3 is 2.82 bits per heavy atom. The summed E-state index contributed by atoms with van der Waals surface area (Å²) in [7, 11) is 2.04. The first-order valence-electron chi connectivity index (χ1n) is 6.27. The lowest BCUT2D eigenvalue weighted by Crippen LogP contribution is -2.48. The molecule has 2 rings (SSSR count). The Morgan fingerprint density at radius 2 is 2.18 bits per heavy atom. The van der Waals surface area contributed by atoms with Crippen molar-refractivity contribution in [3.8, 4) is 0 Å². The molecule has 1 aliphatic rings. The molecule has 96 valence electrons. The fourth-order valence-corrected chi connectivity index (χ4v) is 2.33. The molecule has 1 aromatic rings. The number of rotatable bonds is 3. The zero-order valence-electron chi connectivity index (χ0n) is 11.3. The summed E-state index contributed by atoms with van der Waals surface area (Å²) in [6.07, 6.45) is 1.83. The predicted octanol–water partition coefficient (Wildman–Crippen LogP) is 0.728. The van der Waals surface area contributed by atoms with Crippen LogP contribution in [0.3, 0.4) is 0 Å². The second kappa shape index (κ2) is 4.74. The van der Waals surface area contributed by atoms with Crippen molar-refractivity contribution in [1.29, 1.82) is 0 Å². The van der Waals surface area contributed by atoms with Crippen LogP contribution in [0.5, 0.6) is 0 Å². The van der Waals surface area contributed by atoms with Crippen LogP contribution in [0.2, 0.25) is 0 Å². The van der Waals surface area contributed by atoms with Crippen molar-refractivity contribution in [3.05, 3.63) is 12.2 Å². The van der Waals surface area contributed by atoms with Crippen LogP contribution in [0.4, 0.5) is 0 Å². The molecule has 1 aromatic heterocycles. The molecule has 1 aliphatic heterocycles. The van der Waals surface area contributed by atoms with Crippen molar-refractivity contribution in [3.63, 3.8) is 0 Å². The van der Waals surface area contributed by atoms with E-state index in [4.69, 9.17) is 0 Å². The molecule has 0 aromatic carbocycles. The molecule has 2 heterocycles. The van der Waals surface area contributed by atoms with Gasteiger partial charge in [-0.3, -0.25) is 4.90 Å². The van der Waals surface area contributed by atoms with Gasteiger partial charge in [0.25, 0.3) is 0 Å². The molecule has 0 saturated heterocycles. The van der Waals surface area contributed by atoms with E-state index in [9.17, 15) is 0 Å². The zero-order chi connectivity index (χ0) is 12.5. The summed E-state index contributed by atoms with van der Waals surface area (Å²) in [4.78, 5) is 2.45. The zero-order valence-corrected chi connectivity index (χ0v) is 11.3. The normalized spacial score (nSPS) is 19.1. The molecule has 1 unspecified atom stereocenters. The molecule has 17 heavy (non-hydrogen) atoms. The minimum atomic E-state index is 0.278. The van der Waals surface area contributed by atoms with Gasteiger partial charge in [-0.05, 0) is 12.5 Å². The molecule has 0 fully saturated rings. The fourth-order valence-electron chi connectivity index (χ4n) is 2.33. The van der Waals surface area contributed by atoms with Crippen molar-refractivity contribution in [1.82, 2.24) is 25.0 Å². The molecule has 0 bridgehead atoms. The standard InChI is InChI=1S/C12H23N5/c1-12(2,3)10(13-4)7-16-5-6-17-9-14-15-11(17)8-16/h9-10,13H,5-8H2,1-4H3. The third kappa shape index (κ3) is 2.84. The summed E-state index contributed by atoms with van der Waals surface area (Å²) >= 11 is 0. The van der Waals surface area contributed by atoms with E-state index < -0.39 is 0 Å². The van der Waals surface area contributed by atoms with Gasteiger partial charge in [-0.1, -0.05) is 20.8 Å². The largest absolute Gasteiger partial charge is 0.315 e. The molecule has 0 spiro atoms. The summed E-state index contributed by atoms with van der Waals surface area (Å²) in [6, 6.07) is 0.497. The number of fused-ring (bicyclic) bond motifs is 1. The van der Waals surface area contributed by atoms with Crippen LogP contribution in [-0.4, -0.2) is 45.8 Å². The number of aromatic nitrogens is 3. The molecule has 0 saturated carbocycles. The van der Waals surface area contributed by atoms with Crippen molar-refractivity contribution in [2.24, 2.45) is 5.41 Å². The van der Waals surface area contributed by atoms with Crippen molar-refractivity contribution in [2.45, 2.75) is 39.9 Å². The first-order valence-corrected chi connectivity index (χ1v) is 6.27. The monoisotopic (exact) mass is 237 g/mol. The smallest absolute Gasteiger partial charge is 0.147 e. The van der Waals surface area contributed by atoms with Crippen LogP contribution < -0.4 is 5.32 Å². The van der Waals surface area contributed by atoms with E-state index in [0.717, 1.165) is 32.0 Å². The molecule has 0 radical (unpaired) electrons. The van der Waals surface area contributed by atoms with Crippen LogP contribution in [0, 0.1) is 5.41 Å². The van der Waals surface area contributed by atoms with E-state index in [1.165, 1.54) is 0 Å². The van der Waals surface area contributed by atoms with Gasteiger partial charge in [0, 0.05) is 25.7 Å². The summed E-state index contributed by atoms with van der Waals surface area (Å²) in [5.41, 5.74) is 0.278. The molecule has 1 N–H and O–H groups in total.